The van der Waals surface area contributed by atoms with Crippen molar-refractivity contribution in [1.82, 2.24) is 9.97 Å². The molecular formula is C14H26N4OS. The Kier molecular flexibility index (Phi) is 8.37. The van der Waals surface area contributed by atoms with Crippen molar-refractivity contribution >= 4 is 23.4 Å². The van der Waals surface area contributed by atoms with Gasteiger partial charge in [-0.1, -0.05) is 6.92 Å². The maximum Gasteiger partial charge on any atom is 0.158 e. The topological polar surface area (TPSA) is 59.1 Å². The van der Waals surface area contributed by atoms with E-state index >= 15 is 0 Å². The summed E-state index contributed by atoms with van der Waals surface area (Å²) < 4.78 is 5.40. The highest BCUT2D eigenvalue weighted by Crippen LogP contribution is 2.14. The molecule has 0 bridgehead atoms. The number of hydrogen-bond donors (Lipinski definition) is 2. The standard InChI is InChI=1S/C14H26N4OS/c1-5-7-15-12-8-13(16-11(3)10-20-4)18-14(17-12)9-19-6-2/h8,11H,5-7,9-10H2,1-4H3,(H2,15,16,17,18). The first-order chi connectivity index (χ1) is 9.69. The van der Waals surface area contributed by atoms with Crippen LogP contribution in [0.25, 0.3) is 0 Å². The third-order valence-electron chi connectivity index (χ3n) is 2.57. The second kappa shape index (κ2) is 9.83. The number of rotatable bonds is 10. The molecule has 0 amide bonds. The molecule has 1 aromatic heterocycles. The smallest absolute Gasteiger partial charge is 0.158 e. The van der Waals surface area contributed by atoms with Crippen LogP contribution in [0.15, 0.2) is 6.07 Å². The van der Waals surface area contributed by atoms with Crippen molar-refractivity contribution in [3.63, 3.8) is 0 Å². The molecule has 0 radical (unpaired) electrons. The Hall–Kier alpha value is -1.01. The van der Waals surface area contributed by atoms with Crippen molar-refractivity contribution < 1.29 is 4.74 Å². The zero-order chi connectivity index (χ0) is 14.8. The summed E-state index contributed by atoms with van der Waals surface area (Å²) in [5.74, 6) is 3.47. The third kappa shape index (κ3) is 6.43. The highest BCUT2D eigenvalue weighted by molar-refractivity contribution is 7.98. The van der Waals surface area contributed by atoms with Crippen LogP contribution >= 0.6 is 11.8 Å². The molecule has 0 spiro atoms. The largest absolute Gasteiger partial charge is 0.374 e. The van der Waals surface area contributed by atoms with Crippen molar-refractivity contribution in [2.75, 3.05) is 35.8 Å². The first kappa shape index (κ1) is 17.0. The van der Waals surface area contributed by atoms with Crippen LogP contribution < -0.4 is 10.6 Å². The van der Waals surface area contributed by atoms with Gasteiger partial charge in [-0.3, -0.25) is 0 Å². The van der Waals surface area contributed by atoms with Crippen molar-refractivity contribution in [2.45, 2.75) is 39.8 Å². The summed E-state index contributed by atoms with van der Waals surface area (Å²) in [7, 11) is 0. The monoisotopic (exact) mass is 298 g/mol. The second-order valence-electron chi connectivity index (χ2n) is 4.62. The van der Waals surface area contributed by atoms with E-state index in [1.165, 1.54) is 0 Å². The van der Waals surface area contributed by atoms with E-state index in [-0.39, 0.29) is 0 Å². The van der Waals surface area contributed by atoms with E-state index < -0.39 is 0 Å². The van der Waals surface area contributed by atoms with Crippen LogP contribution in [0, 0.1) is 0 Å². The molecule has 114 valence electrons. The van der Waals surface area contributed by atoms with Gasteiger partial charge in [0.25, 0.3) is 0 Å². The van der Waals surface area contributed by atoms with Crippen LogP contribution in [0.2, 0.25) is 0 Å². The number of thioether (sulfide) groups is 1. The number of nitrogens with one attached hydrogen (secondary N) is 2. The Morgan fingerprint density at radius 3 is 2.70 bits per heavy atom. The molecule has 0 fully saturated rings. The lowest BCUT2D eigenvalue weighted by Crippen LogP contribution is -2.19. The quantitative estimate of drug-likeness (QED) is 0.692. The van der Waals surface area contributed by atoms with Gasteiger partial charge < -0.3 is 15.4 Å². The lowest BCUT2D eigenvalue weighted by Gasteiger charge is -2.15. The molecule has 0 saturated carbocycles. The van der Waals surface area contributed by atoms with Crippen LogP contribution in [-0.2, 0) is 11.3 Å². The van der Waals surface area contributed by atoms with Crippen LogP contribution in [0.1, 0.15) is 33.0 Å². The first-order valence-corrected chi connectivity index (χ1v) is 8.54. The molecule has 0 aliphatic rings. The van der Waals surface area contributed by atoms with E-state index in [1.54, 1.807) is 0 Å². The fourth-order valence-corrected chi connectivity index (χ4v) is 2.30. The molecular weight excluding hydrogens is 272 g/mol. The van der Waals surface area contributed by atoms with E-state index in [1.807, 2.05) is 24.8 Å². The second-order valence-corrected chi connectivity index (χ2v) is 5.53. The number of anilines is 2. The molecule has 0 aliphatic carbocycles. The molecule has 5 nitrogen and oxygen atoms in total. The minimum absolute atomic E-state index is 0.374. The molecule has 1 unspecified atom stereocenters. The fraction of sp³-hybridized carbons (Fsp3) is 0.714. The summed E-state index contributed by atoms with van der Waals surface area (Å²) in [6.07, 6.45) is 3.17. The average Bonchev–Trinajstić information content (AvgIpc) is 2.43. The van der Waals surface area contributed by atoms with Crippen molar-refractivity contribution in [3.8, 4) is 0 Å². The molecule has 0 aliphatic heterocycles. The highest BCUT2D eigenvalue weighted by atomic mass is 32.2. The van der Waals surface area contributed by atoms with Crippen LogP contribution in [0.3, 0.4) is 0 Å². The first-order valence-electron chi connectivity index (χ1n) is 7.14. The fourth-order valence-electron chi connectivity index (χ4n) is 1.72. The Labute approximate surface area is 126 Å². The van der Waals surface area contributed by atoms with Gasteiger partial charge in [0.05, 0.1) is 0 Å². The lowest BCUT2D eigenvalue weighted by molar-refractivity contribution is 0.128. The highest BCUT2D eigenvalue weighted by Gasteiger charge is 2.07. The molecule has 6 heteroatoms. The summed E-state index contributed by atoms with van der Waals surface area (Å²) >= 11 is 1.82. The Bertz CT molecular complexity index is 363. The van der Waals surface area contributed by atoms with Gasteiger partial charge in [-0.2, -0.15) is 11.8 Å². The summed E-state index contributed by atoms with van der Waals surface area (Å²) in [6.45, 7) is 8.28. The molecule has 1 rings (SSSR count). The molecule has 1 atom stereocenters. The minimum Gasteiger partial charge on any atom is -0.374 e. The predicted molar refractivity (Wildman–Crippen MR) is 87.6 cm³/mol. The Morgan fingerprint density at radius 1 is 1.30 bits per heavy atom. The SMILES string of the molecule is CCCNc1cc(NC(C)CSC)nc(COCC)n1. The number of aromatic nitrogens is 2. The summed E-state index contributed by atoms with van der Waals surface area (Å²) in [5, 5.41) is 6.71. The van der Waals surface area contributed by atoms with Gasteiger partial charge in [0.1, 0.15) is 18.2 Å². The van der Waals surface area contributed by atoms with Gasteiger partial charge in [-0.25, -0.2) is 9.97 Å². The van der Waals surface area contributed by atoms with Gasteiger partial charge >= 0.3 is 0 Å². The number of ether oxygens (including phenoxy) is 1. The zero-order valence-electron chi connectivity index (χ0n) is 12.9. The molecule has 0 saturated heterocycles. The average molecular weight is 298 g/mol. The Balaban J connectivity index is 2.78. The van der Waals surface area contributed by atoms with Crippen LogP contribution in [0.4, 0.5) is 11.6 Å². The van der Waals surface area contributed by atoms with Gasteiger partial charge in [0.2, 0.25) is 0 Å². The van der Waals surface area contributed by atoms with Crippen LogP contribution in [0.5, 0.6) is 0 Å². The molecule has 1 aromatic rings. The van der Waals surface area contributed by atoms with Gasteiger partial charge in [0.15, 0.2) is 5.82 Å². The molecule has 20 heavy (non-hydrogen) atoms. The summed E-state index contributed by atoms with van der Waals surface area (Å²) in [4.78, 5) is 8.97. The van der Waals surface area contributed by atoms with Crippen molar-refractivity contribution in [3.05, 3.63) is 11.9 Å². The summed E-state index contributed by atoms with van der Waals surface area (Å²) in [6, 6.07) is 2.33. The van der Waals surface area contributed by atoms with Crippen LogP contribution in [-0.4, -0.2) is 41.2 Å². The van der Waals surface area contributed by atoms with E-state index in [4.69, 9.17) is 4.74 Å². The van der Waals surface area contributed by atoms with Crippen molar-refractivity contribution in [2.24, 2.45) is 0 Å². The molecule has 2 N–H and O–H groups in total. The third-order valence-corrected chi connectivity index (χ3v) is 3.41. The van der Waals surface area contributed by atoms with E-state index in [0.717, 1.165) is 30.4 Å². The predicted octanol–water partition coefficient (Wildman–Crippen LogP) is 3.00. The maximum absolute atomic E-state index is 5.40. The molecule has 1 heterocycles. The van der Waals surface area contributed by atoms with E-state index in [2.05, 4.69) is 40.7 Å². The summed E-state index contributed by atoms with van der Waals surface area (Å²) in [5.41, 5.74) is 0. The minimum atomic E-state index is 0.374. The van der Waals surface area contributed by atoms with E-state index in [9.17, 15) is 0 Å². The maximum atomic E-state index is 5.40. The molecule has 0 aromatic carbocycles. The number of nitrogens with zero attached hydrogens (tertiary/aromatic N) is 2. The van der Waals surface area contributed by atoms with Crippen molar-refractivity contribution in [1.29, 1.82) is 0 Å². The normalized spacial score (nSPS) is 12.2. The Morgan fingerprint density at radius 2 is 2.05 bits per heavy atom. The number of hydrogen-bond acceptors (Lipinski definition) is 6. The van der Waals surface area contributed by atoms with Gasteiger partial charge in [-0.05, 0) is 26.5 Å². The van der Waals surface area contributed by atoms with E-state index in [0.29, 0.717) is 25.1 Å². The van der Waals surface area contributed by atoms with Gasteiger partial charge in [-0.15, -0.1) is 0 Å². The lowest BCUT2D eigenvalue weighted by atomic mass is 10.3. The van der Waals surface area contributed by atoms with Gasteiger partial charge in [0, 0.05) is 31.0 Å². The zero-order valence-corrected chi connectivity index (χ0v) is 13.7.